The second kappa shape index (κ2) is 6.77. The topological polar surface area (TPSA) is 131 Å². The molecule has 120 valence electrons. The Labute approximate surface area is 130 Å². The number of carbonyl (C=O) groups excluding carboxylic acids is 1. The molecule has 1 aromatic heterocycles. The maximum atomic E-state index is 12.2. The molecular weight excluding hydrogens is 302 g/mol. The van der Waals surface area contributed by atoms with E-state index >= 15 is 0 Å². The smallest absolute Gasteiger partial charge is 0.280 e. The number of benzene rings is 1. The summed E-state index contributed by atoms with van der Waals surface area (Å²) in [4.78, 5) is 36.3. The second-order valence-corrected chi connectivity index (χ2v) is 4.82. The Morgan fingerprint density at radius 3 is 2.65 bits per heavy atom. The van der Waals surface area contributed by atoms with E-state index in [9.17, 15) is 19.7 Å². The van der Waals surface area contributed by atoms with Crippen LogP contribution in [-0.4, -0.2) is 26.0 Å². The van der Waals surface area contributed by atoms with Crippen LogP contribution in [0.15, 0.2) is 29.1 Å². The highest BCUT2D eigenvalue weighted by atomic mass is 16.6. The van der Waals surface area contributed by atoms with Crippen LogP contribution >= 0.6 is 0 Å². The van der Waals surface area contributed by atoms with E-state index < -0.39 is 16.5 Å². The van der Waals surface area contributed by atoms with Crippen LogP contribution in [0.3, 0.4) is 0 Å². The minimum atomic E-state index is -0.566. The van der Waals surface area contributed by atoms with Crippen LogP contribution < -0.4 is 10.9 Å². The van der Waals surface area contributed by atoms with Crippen molar-refractivity contribution in [3.05, 3.63) is 50.4 Å². The number of nitro groups is 1. The molecule has 23 heavy (non-hydrogen) atoms. The molecule has 1 atom stereocenters. The summed E-state index contributed by atoms with van der Waals surface area (Å²) in [7, 11) is 0. The molecule has 1 unspecified atom stereocenters. The molecule has 1 aromatic carbocycles. The first kappa shape index (κ1) is 16.3. The van der Waals surface area contributed by atoms with Crippen molar-refractivity contribution in [3.63, 3.8) is 0 Å². The van der Waals surface area contributed by atoms with Crippen molar-refractivity contribution in [1.82, 2.24) is 20.5 Å². The van der Waals surface area contributed by atoms with Crippen LogP contribution in [0.1, 0.15) is 32.0 Å². The predicted molar refractivity (Wildman–Crippen MR) is 81.6 cm³/mol. The summed E-state index contributed by atoms with van der Waals surface area (Å²) in [5.74, 6) is -0.287. The van der Waals surface area contributed by atoms with Crippen LogP contribution in [0, 0.1) is 10.1 Å². The van der Waals surface area contributed by atoms with Crippen LogP contribution in [0.5, 0.6) is 0 Å². The Morgan fingerprint density at radius 2 is 2.09 bits per heavy atom. The van der Waals surface area contributed by atoms with Crippen molar-refractivity contribution in [1.29, 1.82) is 0 Å². The SMILES string of the molecule is CCC(NC(C)=O)c1nnc(-c2ccccc2[N+](=O)[O-])[nH]c1=O. The van der Waals surface area contributed by atoms with Crippen LogP contribution in [0.4, 0.5) is 5.69 Å². The van der Waals surface area contributed by atoms with Gasteiger partial charge in [0.05, 0.1) is 16.5 Å². The summed E-state index contributed by atoms with van der Waals surface area (Å²) >= 11 is 0. The number of nitro benzene ring substituents is 1. The molecule has 0 aliphatic heterocycles. The number of rotatable bonds is 5. The van der Waals surface area contributed by atoms with Gasteiger partial charge in [-0.05, 0) is 12.5 Å². The summed E-state index contributed by atoms with van der Waals surface area (Å²) in [6.45, 7) is 3.13. The zero-order chi connectivity index (χ0) is 17.0. The number of hydrogen-bond donors (Lipinski definition) is 2. The lowest BCUT2D eigenvalue weighted by Crippen LogP contribution is -2.32. The van der Waals surface area contributed by atoms with E-state index in [-0.39, 0.29) is 28.7 Å². The maximum absolute atomic E-state index is 12.2. The minimum absolute atomic E-state index is 0.00345. The number of para-hydroxylation sites is 1. The Bertz CT molecular complexity index is 802. The number of aromatic nitrogens is 3. The predicted octanol–water partition coefficient (Wildman–Crippen LogP) is 1.33. The Morgan fingerprint density at radius 1 is 1.39 bits per heavy atom. The first-order valence-electron chi connectivity index (χ1n) is 6.91. The van der Waals surface area contributed by atoms with Crippen LogP contribution in [-0.2, 0) is 4.79 Å². The summed E-state index contributed by atoms with van der Waals surface area (Å²) in [5, 5.41) is 21.4. The van der Waals surface area contributed by atoms with E-state index in [0.29, 0.717) is 6.42 Å². The Kier molecular flexibility index (Phi) is 4.79. The van der Waals surface area contributed by atoms with Gasteiger partial charge in [0.25, 0.3) is 11.2 Å². The molecule has 2 rings (SSSR count). The van der Waals surface area contributed by atoms with Gasteiger partial charge >= 0.3 is 0 Å². The zero-order valence-corrected chi connectivity index (χ0v) is 12.6. The van der Waals surface area contributed by atoms with Crippen LogP contribution in [0.2, 0.25) is 0 Å². The lowest BCUT2D eigenvalue weighted by atomic mass is 10.1. The van der Waals surface area contributed by atoms with Gasteiger partial charge in [0.1, 0.15) is 0 Å². The van der Waals surface area contributed by atoms with Gasteiger partial charge in [-0.2, -0.15) is 0 Å². The Balaban J connectivity index is 2.46. The summed E-state index contributed by atoms with van der Waals surface area (Å²) in [6.07, 6.45) is 0.460. The second-order valence-electron chi connectivity index (χ2n) is 4.82. The van der Waals surface area contributed by atoms with Crippen LogP contribution in [0.25, 0.3) is 11.4 Å². The number of carbonyl (C=O) groups is 1. The van der Waals surface area contributed by atoms with Crippen molar-refractivity contribution < 1.29 is 9.72 Å². The summed E-state index contributed by atoms with van der Waals surface area (Å²) < 4.78 is 0. The molecule has 0 fully saturated rings. The average Bonchev–Trinajstić information content (AvgIpc) is 2.52. The van der Waals surface area contributed by atoms with Crippen molar-refractivity contribution in [2.75, 3.05) is 0 Å². The first-order chi connectivity index (χ1) is 10.9. The van der Waals surface area contributed by atoms with Gasteiger partial charge in [-0.25, -0.2) is 0 Å². The molecule has 0 radical (unpaired) electrons. The van der Waals surface area contributed by atoms with Gasteiger partial charge in [0.2, 0.25) is 5.91 Å². The standard InChI is InChI=1S/C14H15N5O4/c1-3-10(15-8(2)20)12-14(21)16-13(18-17-12)9-6-4-5-7-11(9)19(22)23/h4-7,10H,3H2,1-2H3,(H,15,20)(H,16,18,21). The molecule has 1 heterocycles. The highest BCUT2D eigenvalue weighted by Gasteiger charge is 2.20. The third kappa shape index (κ3) is 3.57. The normalized spacial score (nSPS) is 11.7. The zero-order valence-electron chi connectivity index (χ0n) is 12.6. The highest BCUT2D eigenvalue weighted by Crippen LogP contribution is 2.25. The molecule has 0 spiro atoms. The van der Waals surface area contributed by atoms with Gasteiger partial charge in [-0.1, -0.05) is 19.1 Å². The van der Waals surface area contributed by atoms with Crippen molar-refractivity contribution in [3.8, 4) is 11.4 Å². The summed E-state index contributed by atoms with van der Waals surface area (Å²) in [6, 6.07) is 5.34. The van der Waals surface area contributed by atoms with Gasteiger partial charge in [0.15, 0.2) is 11.5 Å². The van der Waals surface area contributed by atoms with E-state index in [1.165, 1.54) is 25.1 Å². The molecule has 9 heteroatoms. The lowest BCUT2D eigenvalue weighted by Gasteiger charge is -2.13. The largest absolute Gasteiger partial charge is 0.348 e. The quantitative estimate of drug-likeness (QED) is 0.631. The molecular formula is C14H15N5O4. The monoisotopic (exact) mass is 317 g/mol. The number of nitrogens with one attached hydrogen (secondary N) is 2. The molecule has 0 saturated carbocycles. The van der Waals surface area contributed by atoms with E-state index in [4.69, 9.17) is 0 Å². The van der Waals surface area contributed by atoms with Crippen molar-refractivity contribution >= 4 is 11.6 Å². The number of amides is 1. The van der Waals surface area contributed by atoms with E-state index in [0.717, 1.165) is 0 Å². The number of nitrogens with zero attached hydrogens (tertiary/aromatic N) is 3. The van der Waals surface area contributed by atoms with Crippen molar-refractivity contribution in [2.24, 2.45) is 0 Å². The van der Waals surface area contributed by atoms with Gasteiger partial charge < -0.3 is 10.3 Å². The fourth-order valence-electron chi connectivity index (χ4n) is 2.14. The van der Waals surface area contributed by atoms with Gasteiger partial charge in [-0.15, -0.1) is 10.2 Å². The molecule has 2 N–H and O–H groups in total. The van der Waals surface area contributed by atoms with Gasteiger partial charge in [-0.3, -0.25) is 19.7 Å². The van der Waals surface area contributed by atoms with E-state index in [1.807, 2.05) is 0 Å². The number of hydrogen-bond acceptors (Lipinski definition) is 6. The molecule has 9 nitrogen and oxygen atoms in total. The maximum Gasteiger partial charge on any atom is 0.280 e. The fourth-order valence-corrected chi connectivity index (χ4v) is 2.14. The Hall–Kier alpha value is -3.10. The van der Waals surface area contributed by atoms with E-state index in [1.54, 1.807) is 13.0 Å². The molecule has 1 amide bonds. The van der Waals surface area contributed by atoms with Gasteiger partial charge in [0, 0.05) is 13.0 Å². The molecule has 0 bridgehead atoms. The highest BCUT2D eigenvalue weighted by molar-refractivity contribution is 5.73. The molecule has 0 saturated heterocycles. The lowest BCUT2D eigenvalue weighted by molar-refractivity contribution is -0.384. The molecule has 0 aliphatic carbocycles. The first-order valence-corrected chi connectivity index (χ1v) is 6.91. The molecule has 0 aliphatic rings. The number of H-pyrrole nitrogens is 1. The minimum Gasteiger partial charge on any atom is -0.348 e. The number of aromatic amines is 1. The van der Waals surface area contributed by atoms with E-state index in [2.05, 4.69) is 20.5 Å². The average molecular weight is 317 g/mol. The molecule has 2 aromatic rings. The third-order valence-electron chi connectivity index (χ3n) is 3.19. The summed E-state index contributed by atoms with van der Waals surface area (Å²) in [5.41, 5.74) is -0.501. The fraction of sp³-hybridized carbons (Fsp3) is 0.286. The third-order valence-corrected chi connectivity index (χ3v) is 3.19. The van der Waals surface area contributed by atoms with Crippen molar-refractivity contribution in [2.45, 2.75) is 26.3 Å².